The van der Waals surface area contributed by atoms with Gasteiger partial charge in [0.05, 0.1) is 5.56 Å². The number of carbonyl (C=O) groups excluding carboxylic acids is 1. The Morgan fingerprint density at radius 3 is 2.60 bits per heavy atom. The van der Waals surface area contributed by atoms with E-state index in [9.17, 15) is 9.59 Å². The molecule has 2 N–H and O–H groups in total. The first-order chi connectivity index (χ1) is 12.2. The lowest BCUT2D eigenvalue weighted by Gasteiger charge is -2.11. The van der Waals surface area contributed by atoms with Crippen molar-refractivity contribution >= 4 is 33.8 Å². The number of pyridine rings is 1. The van der Waals surface area contributed by atoms with Gasteiger partial charge in [0, 0.05) is 33.1 Å². The number of carbonyl (C=O) groups is 1. The molecule has 25 heavy (non-hydrogen) atoms. The molecule has 0 radical (unpaired) electrons. The van der Waals surface area contributed by atoms with Crippen LogP contribution in [-0.2, 0) is 0 Å². The minimum absolute atomic E-state index is 0.296. The lowest BCUT2D eigenvalue weighted by molar-refractivity contribution is 0.102. The van der Waals surface area contributed by atoms with E-state index in [2.05, 4.69) is 10.3 Å². The third-order valence-electron chi connectivity index (χ3n) is 3.96. The normalized spacial score (nSPS) is 10.7. The van der Waals surface area contributed by atoms with Crippen molar-refractivity contribution in [3.05, 3.63) is 88.0 Å². The van der Waals surface area contributed by atoms with Crippen molar-refractivity contribution in [2.75, 3.05) is 5.32 Å². The molecule has 0 unspecified atom stereocenters. The lowest BCUT2D eigenvalue weighted by atomic mass is 10.1. The summed E-state index contributed by atoms with van der Waals surface area (Å²) < 4.78 is 0. The number of hydrogen-bond donors (Lipinski definition) is 2. The van der Waals surface area contributed by atoms with Crippen LogP contribution in [0, 0.1) is 0 Å². The molecule has 0 saturated heterocycles. The van der Waals surface area contributed by atoms with E-state index in [1.807, 2.05) is 60.0 Å². The van der Waals surface area contributed by atoms with Gasteiger partial charge in [0.15, 0.2) is 0 Å². The molecule has 0 aliphatic carbocycles. The number of hydrogen-bond acceptors (Lipinski definition) is 3. The Bertz CT molecular complexity index is 1110. The molecule has 0 aliphatic heterocycles. The maximum Gasteiger partial charge on any atom is 0.256 e. The fourth-order valence-electron chi connectivity index (χ4n) is 2.82. The van der Waals surface area contributed by atoms with Crippen molar-refractivity contribution < 1.29 is 4.79 Å². The van der Waals surface area contributed by atoms with E-state index in [1.165, 1.54) is 6.07 Å². The van der Waals surface area contributed by atoms with Gasteiger partial charge in [-0.05, 0) is 23.6 Å². The standard InChI is InChI=1S/C20H14N2O2S/c23-19-12-15(13-6-1-3-8-16(13)21-19)20(24)22-17-9-4-2-7-14(17)18-10-5-11-25-18/h1-12H,(H,21,23)(H,22,24). The summed E-state index contributed by atoms with van der Waals surface area (Å²) in [6, 6.07) is 20.3. The van der Waals surface area contributed by atoms with Crippen LogP contribution >= 0.6 is 11.3 Å². The van der Waals surface area contributed by atoms with Crippen LogP contribution < -0.4 is 10.9 Å². The fourth-order valence-corrected chi connectivity index (χ4v) is 3.59. The Balaban J connectivity index is 1.76. The van der Waals surface area contributed by atoms with Gasteiger partial charge in [0.25, 0.3) is 5.91 Å². The van der Waals surface area contributed by atoms with Crippen LogP contribution in [0.15, 0.2) is 76.9 Å². The summed E-state index contributed by atoms with van der Waals surface area (Å²) in [6.07, 6.45) is 0. The summed E-state index contributed by atoms with van der Waals surface area (Å²) in [6.45, 7) is 0. The Morgan fingerprint density at radius 1 is 0.960 bits per heavy atom. The molecule has 0 bridgehead atoms. The number of fused-ring (bicyclic) bond motifs is 1. The van der Waals surface area contributed by atoms with Gasteiger partial charge in [-0.1, -0.05) is 42.5 Å². The lowest BCUT2D eigenvalue weighted by Crippen LogP contribution is -2.17. The Morgan fingerprint density at radius 2 is 1.76 bits per heavy atom. The first-order valence-electron chi connectivity index (χ1n) is 7.79. The van der Waals surface area contributed by atoms with Crippen LogP contribution in [0.3, 0.4) is 0 Å². The molecule has 0 saturated carbocycles. The molecule has 5 heteroatoms. The molecule has 4 aromatic rings. The van der Waals surface area contributed by atoms with Crippen LogP contribution in [0.5, 0.6) is 0 Å². The number of aromatic amines is 1. The molecule has 2 aromatic heterocycles. The fraction of sp³-hybridized carbons (Fsp3) is 0. The van der Waals surface area contributed by atoms with Crippen LogP contribution in [0.2, 0.25) is 0 Å². The molecule has 0 aliphatic rings. The summed E-state index contributed by atoms with van der Waals surface area (Å²) in [4.78, 5) is 28.5. The molecule has 2 heterocycles. The number of benzene rings is 2. The van der Waals surface area contributed by atoms with Crippen molar-refractivity contribution in [1.29, 1.82) is 0 Å². The topological polar surface area (TPSA) is 62.0 Å². The molecule has 1 amide bonds. The number of para-hydroxylation sites is 2. The van der Waals surface area contributed by atoms with Gasteiger partial charge in [-0.2, -0.15) is 0 Å². The van der Waals surface area contributed by atoms with E-state index in [0.717, 1.165) is 16.1 Å². The maximum atomic E-state index is 12.8. The SMILES string of the molecule is O=C(Nc1ccccc1-c1cccs1)c1cc(=O)[nH]c2ccccc12. The molecule has 0 spiro atoms. The monoisotopic (exact) mass is 346 g/mol. The maximum absolute atomic E-state index is 12.8. The highest BCUT2D eigenvalue weighted by Crippen LogP contribution is 2.31. The molecule has 122 valence electrons. The number of amides is 1. The zero-order valence-electron chi connectivity index (χ0n) is 13.2. The molecular formula is C20H14N2O2S. The van der Waals surface area contributed by atoms with Gasteiger partial charge >= 0.3 is 0 Å². The quantitative estimate of drug-likeness (QED) is 0.573. The highest BCUT2D eigenvalue weighted by Gasteiger charge is 2.14. The molecule has 0 fully saturated rings. The van der Waals surface area contributed by atoms with E-state index in [1.54, 1.807) is 17.4 Å². The van der Waals surface area contributed by atoms with Crippen molar-refractivity contribution in [3.63, 3.8) is 0 Å². The number of rotatable bonds is 3. The van der Waals surface area contributed by atoms with Crippen molar-refractivity contribution in [1.82, 2.24) is 4.98 Å². The van der Waals surface area contributed by atoms with Gasteiger partial charge < -0.3 is 10.3 Å². The largest absolute Gasteiger partial charge is 0.322 e. The van der Waals surface area contributed by atoms with Crippen LogP contribution in [-0.4, -0.2) is 10.9 Å². The summed E-state index contributed by atoms with van der Waals surface area (Å²) >= 11 is 1.61. The van der Waals surface area contributed by atoms with Gasteiger partial charge in [-0.3, -0.25) is 9.59 Å². The second-order valence-corrected chi connectivity index (χ2v) is 6.52. The molecule has 0 atom stereocenters. The molecule has 4 nitrogen and oxygen atoms in total. The number of H-pyrrole nitrogens is 1. The average Bonchev–Trinajstić information content (AvgIpc) is 3.16. The highest BCUT2D eigenvalue weighted by molar-refractivity contribution is 7.13. The van der Waals surface area contributed by atoms with Crippen molar-refractivity contribution in [2.45, 2.75) is 0 Å². The van der Waals surface area contributed by atoms with E-state index < -0.39 is 0 Å². The summed E-state index contributed by atoms with van der Waals surface area (Å²) in [7, 11) is 0. The van der Waals surface area contributed by atoms with Gasteiger partial charge in [0.1, 0.15) is 0 Å². The first kappa shape index (κ1) is 15.4. The molecule has 4 rings (SSSR count). The molecular weight excluding hydrogens is 332 g/mol. The molecule has 2 aromatic carbocycles. The third kappa shape index (κ3) is 2.97. The van der Waals surface area contributed by atoms with Crippen molar-refractivity contribution in [3.8, 4) is 10.4 Å². The zero-order chi connectivity index (χ0) is 17.2. The smallest absolute Gasteiger partial charge is 0.256 e. The predicted molar refractivity (Wildman–Crippen MR) is 102 cm³/mol. The number of nitrogens with one attached hydrogen (secondary N) is 2. The van der Waals surface area contributed by atoms with Gasteiger partial charge in [0.2, 0.25) is 5.56 Å². The highest BCUT2D eigenvalue weighted by atomic mass is 32.1. The third-order valence-corrected chi connectivity index (χ3v) is 4.86. The van der Waals surface area contributed by atoms with Gasteiger partial charge in [-0.15, -0.1) is 11.3 Å². The predicted octanol–water partition coefficient (Wildman–Crippen LogP) is 4.51. The second kappa shape index (κ2) is 6.37. The van der Waals surface area contributed by atoms with Crippen LogP contribution in [0.25, 0.3) is 21.3 Å². The number of anilines is 1. The number of thiophene rings is 1. The van der Waals surface area contributed by atoms with E-state index in [0.29, 0.717) is 16.5 Å². The first-order valence-corrected chi connectivity index (χ1v) is 8.67. The minimum Gasteiger partial charge on any atom is -0.322 e. The van der Waals surface area contributed by atoms with Crippen LogP contribution in [0.4, 0.5) is 5.69 Å². The average molecular weight is 346 g/mol. The summed E-state index contributed by atoms with van der Waals surface area (Å²) in [5, 5.41) is 5.66. The Kier molecular flexibility index (Phi) is 3.91. The Hall–Kier alpha value is -3.18. The second-order valence-electron chi connectivity index (χ2n) is 5.57. The summed E-state index contributed by atoms with van der Waals surface area (Å²) in [5.41, 5.74) is 2.39. The zero-order valence-corrected chi connectivity index (χ0v) is 14.0. The van der Waals surface area contributed by atoms with E-state index in [4.69, 9.17) is 0 Å². The van der Waals surface area contributed by atoms with Gasteiger partial charge in [-0.25, -0.2) is 0 Å². The van der Waals surface area contributed by atoms with Crippen molar-refractivity contribution in [2.24, 2.45) is 0 Å². The minimum atomic E-state index is -0.300. The van der Waals surface area contributed by atoms with E-state index >= 15 is 0 Å². The summed E-state index contributed by atoms with van der Waals surface area (Å²) in [5.74, 6) is -0.300. The Labute approximate surface area is 147 Å². The number of aromatic nitrogens is 1. The van der Waals surface area contributed by atoms with Crippen LogP contribution in [0.1, 0.15) is 10.4 Å². The van der Waals surface area contributed by atoms with E-state index in [-0.39, 0.29) is 11.5 Å².